The number of aliphatic carboxylic acids is 1. The summed E-state index contributed by atoms with van der Waals surface area (Å²) in [5.74, 6) is -1.70. The van der Waals surface area contributed by atoms with Crippen molar-refractivity contribution in [3.8, 4) is 0 Å². The number of aliphatic hydroxyl groups excluding tert-OH is 1. The lowest BCUT2D eigenvalue weighted by molar-refractivity contribution is -0.150. The van der Waals surface area contributed by atoms with Crippen LogP contribution in [0.5, 0.6) is 0 Å². The molecule has 1 fully saturated rings. The number of hydrogen-bond acceptors (Lipinski definition) is 4. The zero-order valence-corrected chi connectivity index (χ0v) is 13.2. The molecular formula is C15H26N2O5. The monoisotopic (exact) mass is 314 g/mol. The van der Waals surface area contributed by atoms with Crippen molar-refractivity contribution in [3.63, 3.8) is 0 Å². The largest absolute Gasteiger partial charge is 0.480 e. The van der Waals surface area contributed by atoms with Crippen molar-refractivity contribution in [1.29, 1.82) is 0 Å². The molecule has 0 aromatic heterocycles. The van der Waals surface area contributed by atoms with Crippen molar-refractivity contribution >= 4 is 17.8 Å². The van der Waals surface area contributed by atoms with Gasteiger partial charge in [-0.3, -0.25) is 9.59 Å². The fourth-order valence-electron chi connectivity index (χ4n) is 2.79. The average Bonchev–Trinajstić information content (AvgIpc) is 2.44. The van der Waals surface area contributed by atoms with Crippen LogP contribution >= 0.6 is 0 Å². The minimum atomic E-state index is -1.08. The zero-order valence-electron chi connectivity index (χ0n) is 13.2. The maximum atomic E-state index is 12.4. The summed E-state index contributed by atoms with van der Waals surface area (Å²) in [6.45, 7) is 3.18. The van der Waals surface area contributed by atoms with Gasteiger partial charge in [-0.25, -0.2) is 4.79 Å². The van der Waals surface area contributed by atoms with Crippen LogP contribution in [0.2, 0.25) is 0 Å². The summed E-state index contributed by atoms with van der Waals surface area (Å²) < 4.78 is 0. The molecule has 0 aliphatic heterocycles. The molecule has 0 radical (unpaired) electrons. The first kappa shape index (κ1) is 18.4. The third-order valence-corrected chi connectivity index (χ3v) is 4.18. The van der Waals surface area contributed by atoms with Gasteiger partial charge in [0.1, 0.15) is 6.04 Å². The smallest absolute Gasteiger partial charge is 0.326 e. The number of nitrogens with one attached hydrogen (secondary N) is 1. The topological polar surface area (TPSA) is 107 Å². The van der Waals surface area contributed by atoms with Crippen LogP contribution in [0.15, 0.2) is 0 Å². The number of rotatable bonds is 7. The van der Waals surface area contributed by atoms with Crippen molar-refractivity contribution in [2.45, 2.75) is 58.1 Å². The van der Waals surface area contributed by atoms with Gasteiger partial charge in [0.25, 0.3) is 0 Å². The van der Waals surface area contributed by atoms with Gasteiger partial charge in [-0.1, -0.05) is 12.8 Å². The van der Waals surface area contributed by atoms with Crippen LogP contribution in [-0.2, 0) is 14.4 Å². The highest BCUT2D eigenvalue weighted by Crippen LogP contribution is 2.27. The molecule has 0 spiro atoms. The van der Waals surface area contributed by atoms with E-state index >= 15 is 0 Å². The lowest BCUT2D eigenvalue weighted by Gasteiger charge is -2.31. The molecule has 0 aromatic rings. The second-order valence-electron chi connectivity index (χ2n) is 5.90. The average molecular weight is 314 g/mol. The molecular weight excluding hydrogens is 288 g/mol. The number of amides is 2. The molecule has 0 aromatic carbocycles. The van der Waals surface area contributed by atoms with Gasteiger partial charge in [0.05, 0.1) is 6.10 Å². The summed E-state index contributed by atoms with van der Waals surface area (Å²) in [5, 5.41) is 21.7. The second kappa shape index (κ2) is 8.73. The van der Waals surface area contributed by atoms with Gasteiger partial charge in [0.2, 0.25) is 11.8 Å². The Balaban J connectivity index is 2.65. The van der Waals surface area contributed by atoms with E-state index in [0.717, 1.165) is 19.3 Å². The number of carbonyl (C=O) groups is 3. The van der Waals surface area contributed by atoms with Crippen molar-refractivity contribution in [3.05, 3.63) is 0 Å². The Labute approximate surface area is 130 Å². The summed E-state index contributed by atoms with van der Waals surface area (Å²) >= 11 is 0. The van der Waals surface area contributed by atoms with Gasteiger partial charge in [0.15, 0.2) is 0 Å². The van der Waals surface area contributed by atoms with E-state index < -0.39 is 18.1 Å². The Morgan fingerprint density at radius 1 is 1.27 bits per heavy atom. The van der Waals surface area contributed by atoms with E-state index in [0.29, 0.717) is 6.42 Å². The summed E-state index contributed by atoms with van der Waals surface area (Å²) in [4.78, 5) is 35.7. The molecule has 0 bridgehead atoms. The van der Waals surface area contributed by atoms with Gasteiger partial charge in [-0.05, 0) is 25.7 Å². The third-order valence-electron chi connectivity index (χ3n) is 4.18. The van der Waals surface area contributed by atoms with Gasteiger partial charge < -0.3 is 20.4 Å². The van der Waals surface area contributed by atoms with Crippen LogP contribution in [0.3, 0.4) is 0 Å². The minimum Gasteiger partial charge on any atom is -0.480 e. The molecule has 126 valence electrons. The number of carbonyl (C=O) groups excluding carboxylic acids is 2. The zero-order chi connectivity index (χ0) is 16.7. The van der Waals surface area contributed by atoms with E-state index in [1.807, 2.05) is 0 Å². The third kappa shape index (κ3) is 5.63. The van der Waals surface area contributed by atoms with Crippen molar-refractivity contribution < 1.29 is 24.6 Å². The standard InChI is InChI=1S/C15H26N2O5/c1-10(15(21)22)17(8-7-16-11(2)18)14(20)9-12-5-3-4-6-13(12)19/h10,12-13,19H,3-9H2,1-2H3,(H,16,18)(H,21,22)/t10?,12-,13+/m0/s1. The predicted molar refractivity (Wildman–Crippen MR) is 80.1 cm³/mol. The molecule has 0 saturated heterocycles. The summed E-state index contributed by atoms with van der Waals surface area (Å²) in [7, 11) is 0. The maximum absolute atomic E-state index is 12.4. The molecule has 1 rings (SSSR count). The number of carboxylic acids is 1. The first-order valence-corrected chi connectivity index (χ1v) is 7.77. The van der Waals surface area contributed by atoms with Crippen LogP contribution in [0, 0.1) is 5.92 Å². The number of nitrogens with zero attached hydrogens (tertiary/aromatic N) is 1. The molecule has 1 saturated carbocycles. The Hall–Kier alpha value is -1.63. The Kier molecular flexibility index (Phi) is 7.31. The highest BCUT2D eigenvalue weighted by Gasteiger charge is 2.30. The highest BCUT2D eigenvalue weighted by molar-refractivity contribution is 5.83. The van der Waals surface area contributed by atoms with Crippen LogP contribution < -0.4 is 5.32 Å². The van der Waals surface area contributed by atoms with Gasteiger partial charge in [-0.15, -0.1) is 0 Å². The molecule has 7 nitrogen and oxygen atoms in total. The quantitative estimate of drug-likeness (QED) is 0.629. The lowest BCUT2D eigenvalue weighted by atomic mass is 9.84. The van der Waals surface area contributed by atoms with Gasteiger partial charge in [-0.2, -0.15) is 0 Å². The summed E-state index contributed by atoms with van der Waals surface area (Å²) in [6.07, 6.45) is 3.08. The molecule has 7 heteroatoms. The molecule has 3 atom stereocenters. The molecule has 1 aliphatic carbocycles. The Morgan fingerprint density at radius 2 is 1.91 bits per heavy atom. The minimum absolute atomic E-state index is 0.106. The predicted octanol–water partition coefficient (Wildman–Crippen LogP) is 0.365. The normalized spacial score (nSPS) is 22.7. The molecule has 22 heavy (non-hydrogen) atoms. The molecule has 2 amide bonds. The molecule has 1 unspecified atom stereocenters. The molecule has 0 heterocycles. The first-order chi connectivity index (χ1) is 10.3. The van der Waals surface area contributed by atoms with E-state index in [-0.39, 0.29) is 37.2 Å². The fourth-order valence-corrected chi connectivity index (χ4v) is 2.79. The highest BCUT2D eigenvalue weighted by atomic mass is 16.4. The van der Waals surface area contributed by atoms with Gasteiger partial charge >= 0.3 is 5.97 Å². The van der Waals surface area contributed by atoms with Crippen molar-refractivity contribution in [2.24, 2.45) is 5.92 Å². The SMILES string of the molecule is CC(=O)NCCN(C(=O)C[C@@H]1CCCC[C@H]1O)C(C)C(=O)O. The van der Waals surface area contributed by atoms with E-state index in [2.05, 4.69) is 5.32 Å². The van der Waals surface area contributed by atoms with Crippen LogP contribution in [0.1, 0.15) is 46.0 Å². The van der Waals surface area contributed by atoms with E-state index in [4.69, 9.17) is 5.11 Å². The number of carboxylic acid groups (broad SMARTS) is 1. The van der Waals surface area contributed by atoms with Crippen LogP contribution in [0.25, 0.3) is 0 Å². The van der Waals surface area contributed by atoms with Crippen LogP contribution in [0.4, 0.5) is 0 Å². The van der Waals surface area contributed by atoms with Crippen LogP contribution in [-0.4, -0.2) is 58.1 Å². The molecule has 1 aliphatic rings. The van der Waals surface area contributed by atoms with Gasteiger partial charge in [0, 0.05) is 26.4 Å². The number of hydrogen-bond donors (Lipinski definition) is 3. The second-order valence-corrected chi connectivity index (χ2v) is 5.90. The van der Waals surface area contributed by atoms with E-state index in [1.165, 1.54) is 18.7 Å². The Bertz CT molecular complexity index is 413. The summed E-state index contributed by atoms with van der Waals surface area (Å²) in [5.41, 5.74) is 0. The summed E-state index contributed by atoms with van der Waals surface area (Å²) in [6, 6.07) is -0.956. The van der Waals surface area contributed by atoms with E-state index in [9.17, 15) is 19.5 Å². The first-order valence-electron chi connectivity index (χ1n) is 7.77. The maximum Gasteiger partial charge on any atom is 0.326 e. The lowest BCUT2D eigenvalue weighted by Crippen LogP contribution is -2.47. The Morgan fingerprint density at radius 3 is 2.45 bits per heavy atom. The van der Waals surface area contributed by atoms with Crippen molar-refractivity contribution in [1.82, 2.24) is 10.2 Å². The molecule has 3 N–H and O–H groups in total. The van der Waals surface area contributed by atoms with Crippen molar-refractivity contribution in [2.75, 3.05) is 13.1 Å². The number of aliphatic hydroxyl groups is 1. The van der Waals surface area contributed by atoms with E-state index in [1.54, 1.807) is 0 Å². The fraction of sp³-hybridized carbons (Fsp3) is 0.800.